The molecule has 4 N–H and O–H groups in total. The van der Waals surface area contributed by atoms with Gasteiger partial charge in [-0.3, -0.25) is 4.99 Å². The highest BCUT2D eigenvalue weighted by molar-refractivity contribution is 14.0. The number of nitrogens with one attached hydrogen (secondary N) is 1. The van der Waals surface area contributed by atoms with Crippen LogP contribution in [0.4, 0.5) is 0 Å². The van der Waals surface area contributed by atoms with Gasteiger partial charge in [0.25, 0.3) is 0 Å². The first kappa shape index (κ1) is 20.9. The Bertz CT molecular complexity index is 282. The fraction of sp³-hybridized carbons (Fsp3) is 0.933. The van der Waals surface area contributed by atoms with Crippen LogP contribution in [-0.2, 0) is 4.74 Å². The number of hydrogen-bond acceptors (Lipinski definition) is 3. The second-order valence-corrected chi connectivity index (χ2v) is 5.73. The van der Waals surface area contributed by atoms with E-state index in [-0.39, 0.29) is 24.0 Å². The molecule has 0 aliphatic carbocycles. The maximum atomic E-state index is 10.2. The summed E-state index contributed by atoms with van der Waals surface area (Å²) in [7, 11) is 0. The first-order valence-corrected chi connectivity index (χ1v) is 8.00. The topological polar surface area (TPSA) is 79.9 Å². The number of unbranched alkanes of at least 4 members (excludes halogenated alkanes) is 5. The summed E-state index contributed by atoms with van der Waals surface area (Å²) in [5.74, 6) is 0.443. The molecule has 0 aromatic heterocycles. The van der Waals surface area contributed by atoms with Crippen molar-refractivity contribution in [3.05, 3.63) is 0 Å². The van der Waals surface area contributed by atoms with Crippen LogP contribution in [0.5, 0.6) is 0 Å². The first-order chi connectivity index (χ1) is 9.66. The Kier molecular flexibility index (Phi) is 12.4. The third-order valence-electron chi connectivity index (χ3n) is 3.80. The molecule has 0 amide bonds. The number of nitrogens with zero attached hydrogens (tertiary/aromatic N) is 1. The zero-order chi connectivity index (χ0) is 14.7. The second kappa shape index (κ2) is 12.5. The van der Waals surface area contributed by atoms with Gasteiger partial charge in [0.1, 0.15) is 0 Å². The van der Waals surface area contributed by atoms with Crippen LogP contribution in [-0.4, -0.2) is 43.0 Å². The molecule has 0 aromatic rings. The molecule has 1 aliphatic heterocycles. The predicted octanol–water partition coefficient (Wildman–Crippen LogP) is 2.41. The Balaban J connectivity index is 0.00000400. The summed E-state index contributed by atoms with van der Waals surface area (Å²) in [5, 5.41) is 13.4. The largest absolute Gasteiger partial charge is 0.388 e. The average Bonchev–Trinajstić information content (AvgIpc) is 2.45. The molecule has 1 rings (SSSR count). The third-order valence-corrected chi connectivity index (χ3v) is 3.80. The lowest BCUT2D eigenvalue weighted by Gasteiger charge is -2.30. The Morgan fingerprint density at radius 3 is 2.48 bits per heavy atom. The SMILES string of the molecule is CCCCCCCCNC(N)=NCC1(O)CCOCC1.I. The van der Waals surface area contributed by atoms with Crippen LogP contribution in [0, 0.1) is 0 Å². The van der Waals surface area contributed by atoms with E-state index in [0.29, 0.717) is 38.6 Å². The molecule has 1 fully saturated rings. The van der Waals surface area contributed by atoms with Crippen LogP contribution in [0.15, 0.2) is 4.99 Å². The van der Waals surface area contributed by atoms with E-state index in [9.17, 15) is 5.11 Å². The summed E-state index contributed by atoms with van der Waals surface area (Å²) in [6, 6.07) is 0. The Hall–Kier alpha value is -0.0800. The molecule has 0 aromatic carbocycles. The maximum Gasteiger partial charge on any atom is 0.188 e. The molecule has 6 heteroatoms. The standard InChI is InChI=1S/C15H31N3O2.HI/c1-2-3-4-5-6-7-10-17-14(16)18-13-15(19)8-11-20-12-9-15;/h19H,2-13H2,1H3,(H3,16,17,18);1H. The van der Waals surface area contributed by atoms with Gasteiger partial charge >= 0.3 is 0 Å². The number of hydrogen-bond donors (Lipinski definition) is 3. The number of halogens is 1. The van der Waals surface area contributed by atoms with Crippen molar-refractivity contribution in [1.29, 1.82) is 0 Å². The number of aliphatic hydroxyl groups is 1. The van der Waals surface area contributed by atoms with Gasteiger partial charge in [-0.05, 0) is 6.42 Å². The highest BCUT2D eigenvalue weighted by atomic mass is 127. The lowest BCUT2D eigenvalue weighted by Crippen LogP contribution is -2.41. The highest BCUT2D eigenvalue weighted by Gasteiger charge is 2.29. The van der Waals surface area contributed by atoms with Crippen molar-refractivity contribution in [2.75, 3.05) is 26.3 Å². The quantitative estimate of drug-likeness (QED) is 0.235. The van der Waals surface area contributed by atoms with Gasteiger partial charge in [0.05, 0.1) is 12.1 Å². The van der Waals surface area contributed by atoms with Gasteiger partial charge in [0.15, 0.2) is 5.96 Å². The van der Waals surface area contributed by atoms with Crippen molar-refractivity contribution in [2.45, 2.75) is 63.9 Å². The zero-order valence-corrected chi connectivity index (χ0v) is 15.6. The number of aliphatic imine (C=N–C) groups is 1. The van der Waals surface area contributed by atoms with Crippen molar-refractivity contribution < 1.29 is 9.84 Å². The van der Waals surface area contributed by atoms with Gasteiger partial charge < -0.3 is 20.9 Å². The molecular formula is C15H32IN3O2. The molecule has 0 saturated carbocycles. The van der Waals surface area contributed by atoms with Crippen molar-refractivity contribution in [3.63, 3.8) is 0 Å². The molecule has 0 spiro atoms. The average molecular weight is 413 g/mol. The minimum absolute atomic E-state index is 0. The molecule has 1 saturated heterocycles. The number of ether oxygens (including phenoxy) is 1. The highest BCUT2D eigenvalue weighted by Crippen LogP contribution is 2.20. The lowest BCUT2D eigenvalue weighted by molar-refractivity contribution is -0.0565. The fourth-order valence-electron chi connectivity index (χ4n) is 2.32. The van der Waals surface area contributed by atoms with Gasteiger partial charge in [-0.2, -0.15) is 0 Å². The fourth-order valence-corrected chi connectivity index (χ4v) is 2.32. The van der Waals surface area contributed by atoms with Crippen LogP contribution in [0.2, 0.25) is 0 Å². The smallest absolute Gasteiger partial charge is 0.188 e. The van der Waals surface area contributed by atoms with Gasteiger partial charge in [0.2, 0.25) is 0 Å². The summed E-state index contributed by atoms with van der Waals surface area (Å²) < 4.78 is 5.24. The minimum Gasteiger partial charge on any atom is -0.388 e. The van der Waals surface area contributed by atoms with E-state index in [0.717, 1.165) is 13.0 Å². The van der Waals surface area contributed by atoms with Gasteiger partial charge in [0, 0.05) is 32.6 Å². The Labute approximate surface area is 146 Å². The normalized spacial score (nSPS) is 18.1. The van der Waals surface area contributed by atoms with E-state index in [1.807, 2.05) is 0 Å². The molecule has 0 unspecified atom stereocenters. The van der Waals surface area contributed by atoms with E-state index < -0.39 is 5.60 Å². The molecule has 126 valence electrons. The molecular weight excluding hydrogens is 381 g/mol. The summed E-state index contributed by atoms with van der Waals surface area (Å²) >= 11 is 0. The summed E-state index contributed by atoms with van der Waals surface area (Å²) in [6.07, 6.45) is 8.88. The maximum absolute atomic E-state index is 10.2. The van der Waals surface area contributed by atoms with E-state index in [4.69, 9.17) is 10.5 Å². The number of nitrogens with two attached hydrogens (primary N) is 1. The second-order valence-electron chi connectivity index (χ2n) is 5.73. The van der Waals surface area contributed by atoms with Crippen molar-refractivity contribution in [3.8, 4) is 0 Å². The van der Waals surface area contributed by atoms with Crippen LogP contribution in [0.3, 0.4) is 0 Å². The van der Waals surface area contributed by atoms with E-state index >= 15 is 0 Å². The van der Waals surface area contributed by atoms with E-state index in [1.165, 1.54) is 32.1 Å². The lowest BCUT2D eigenvalue weighted by atomic mass is 9.95. The molecule has 0 radical (unpaired) electrons. The van der Waals surface area contributed by atoms with Crippen molar-refractivity contribution >= 4 is 29.9 Å². The Morgan fingerprint density at radius 2 is 1.81 bits per heavy atom. The summed E-state index contributed by atoms with van der Waals surface area (Å²) in [4.78, 5) is 4.24. The van der Waals surface area contributed by atoms with E-state index in [1.54, 1.807) is 0 Å². The Morgan fingerprint density at radius 1 is 1.19 bits per heavy atom. The summed E-state index contributed by atoms with van der Waals surface area (Å²) in [5.41, 5.74) is 5.08. The van der Waals surface area contributed by atoms with Gasteiger partial charge in [-0.25, -0.2) is 0 Å². The monoisotopic (exact) mass is 413 g/mol. The molecule has 0 atom stereocenters. The molecule has 0 bridgehead atoms. The van der Waals surface area contributed by atoms with Crippen molar-refractivity contribution in [1.82, 2.24) is 5.32 Å². The van der Waals surface area contributed by atoms with Gasteiger partial charge in [-0.15, -0.1) is 24.0 Å². The van der Waals surface area contributed by atoms with E-state index in [2.05, 4.69) is 17.2 Å². The summed E-state index contributed by atoms with van der Waals surface area (Å²) in [6.45, 7) is 4.67. The van der Waals surface area contributed by atoms with Crippen molar-refractivity contribution in [2.24, 2.45) is 10.7 Å². The molecule has 5 nitrogen and oxygen atoms in total. The predicted molar refractivity (Wildman–Crippen MR) is 98.3 cm³/mol. The van der Waals surface area contributed by atoms with Crippen LogP contribution < -0.4 is 11.1 Å². The third kappa shape index (κ3) is 10.3. The minimum atomic E-state index is -0.731. The molecule has 21 heavy (non-hydrogen) atoms. The van der Waals surface area contributed by atoms with Gasteiger partial charge in [-0.1, -0.05) is 39.0 Å². The van der Waals surface area contributed by atoms with Crippen LogP contribution in [0.25, 0.3) is 0 Å². The number of rotatable bonds is 9. The molecule has 1 heterocycles. The first-order valence-electron chi connectivity index (χ1n) is 8.00. The number of guanidine groups is 1. The molecule has 1 aliphatic rings. The van der Waals surface area contributed by atoms with Crippen LogP contribution in [0.1, 0.15) is 58.3 Å². The van der Waals surface area contributed by atoms with Crippen LogP contribution >= 0.6 is 24.0 Å². The zero-order valence-electron chi connectivity index (χ0n) is 13.3.